The van der Waals surface area contributed by atoms with Crippen molar-refractivity contribution < 1.29 is 23.1 Å². The lowest BCUT2D eigenvalue weighted by molar-refractivity contribution is 0.0734. The average molecular weight is 311 g/mol. The van der Waals surface area contributed by atoms with E-state index in [1.807, 2.05) is 0 Å². The Hall–Kier alpha value is -2.27. The maximum Gasteiger partial charge on any atom is 0.345 e. The molecule has 0 saturated heterocycles. The number of ether oxygens (including phenoxy) is 1. The third-order valence-electron chi connectivity index (χ3n) is 2.70. The van der Waals surface area contributed by atoms with E-state index in [1.54, 1.807) is 0 Å². The molecule has 21 heavy (non-hydrogen) atoms. The van der Waals surface area contributed by atoms with Crippen molar-refractivity contribution in [1.29, 1.82) is 0 Å². The minimum atomic E-state index is -1.20. The van der Waals surface area contributed by atoms with Crippen LogP contribution in [0.5, 0.6) is 5.75 Å². The fourth-order valence-corrected chi connectivity index (χ4v) is 1.83. The van der Waals surface area contributed by atoms with E-state index in [-0.39, 0.29) is 22.1 Å². The monoisotopic (exact) mass is 310 g/mol. The predicted molar refractivity (Wildman–Crippen MR) is 72.8 cm³/mol. The number of hydrogen-bond acceptors (Lipinski definition) is 3. The van der Waals surface area contributed by atoms with E-state index in [0.29, 0.717) is 17.7 Å². The van der Waals surface area contributed by atoms with Gasteiger partial charge in [-0.15, -0.1) is 0 Å². The van der Waals surface area contributed by atoms with Crippen LogP contribution in [0, 0.1) is 11.6 Å². The molecular weight excluding hydrogens is 302 g/mol. The van der Waals surface area contributed by atoms with Crippen LogP contribution in [0.25, 0.3) is 0 Å². The van der Waals surface area contributed by atoms with Crippen LogP contribution in [0.1, 0.15) is 27.6 Å². The number of ketones is 1. The smallest absolute Gasteiger partial charge is 0.345 e. The van der Waals surface area contributed by atoms with Crippen LogP contribution in [-0.4, -0.2) is 11.8 Å². The number of Topliss-reactive ketones (excluding diaryl/α,β-unsaturated/α-hetero) is 1. The lowest BCUT2D eigenvalue weighted by Gasteiger charge is -2.07. The zero-order valence-electron chi connectivity index (χ0n) is 10.8. The topological polar surface area (TPSA) is 43.4 Å². The minimum Gasteiger partial charge on any atom is -0.423 e. The fraction of sp³-hybridized carbons (Fsp3) is 0.0667. The number of hydrogen-bond donors (Lipinski definition) is 0. The van der Waals surface area contributed by atoms with Crippen LogP contribution in [0.4, 0.5) is 8.78 Å². The normalized spacial score (nSPS) is 10.3. The van der Waals surface area contributed by atoms with E-state index in [9.17, 15) is 18.4 Å². The summed E-state index contributed by atoms with van der Waals surface area (Å²) in [6.07, 6.45) is 0. The van der Waals surface area contributed by atoms with Crippen LogP contribution < -0.4 is 4.74 Å². The first-order valence-electron chi connectivity index (χ1n) is 5.86. The first kappa shape index (κ1) is 15.1. The highest BCUT2D eigenvalue weighted by molar-refractivity contribution is 6.33. The zero-order valence-corrected chi connectivity index (χ0v) is 11.6. The maximum absolute atomic E-state index is 13.1. The van der Waals surface area contributed by atoms with Gasteiger partial charge in [0.15, 0.2) is 17.4 Å². The molecule has 0 N–H and O–H groups in total. The molecule has 6 heteroatoms. The SMILES string of the molecule is CC(=O)c1ccc(OC(=O)c2cc(F)c(F)cc2Cl)cc1. The molecule has 0 aliphatic carbocycles. The number of esters is 1. The van der Waals surface area contributed by atoms with E-state index in [4.69, 9.17) is 16.3 Å². The van der Waals surface area contributed by atoms with E-state index < -0.39 is 17.6 Å². The van der Waals surface area contributed by atoms with Gasteiger partial charge in [-0.1, -0.05) is 11.6 Å². The van der Waals surface area contributed by atoms with Crippen LogP contribution in [0.2, 0.25) is 5.02 Å². The number of halogens is 3. The van der Waals surface area contributed by atoms with E-state index >= 15 is 0 Å². The third-order valence-corrected chi connectivity index (χ3v) is 3.01. The Kier molecular flexibility index (Phi) is 4.33. The quantitative estimate of drug-likeness (QED) is 0.372. The van der Waals surface area contributed by atoms with Gasteiger partial charge in [-0.3, -0.25) is 4.79 Å². The van der Waals surface area contributed by atoms with E-state index in [1.165, 1.54) is 31.2 Å². The molecule has 3 nitrogen and oxygen atoms in total. The minimum absolute atomic E-state index is 0.128. The molecule has 0 spiro atoms. The summed E-state index contributed by atoms with van der Waals surface area (Å²) in [5, 5.41) is -0.251. The van der Waals surface area contributed by atoms with Gasteiger partial charge in [-0.2, -0.15) is 0 Å². The molecule has 2 rings (SSSR count). The molecule has 0 heterocycles. The highest BCUT2D eigenvalue weighted by atomic mass is 35.5. The van der Waals surface area contributed by atoms with Crippen LogP contribution >= 0.6 is 11.6 Å². The second-order valence-corrected chi connectivity index (χ2v) is 4.62. The molecule has 2 aromatic carbocycles. The second-order valence-electron chi connectivity index (χ2n) is 4.22. The van der Waals surface area contributed by atoms with E-state index in [2.05, 4.69) is 0 Å². The second kappa shape index (κ2) is 6.01. The molecule has 2 aromatic rings. The Morgan fingerprint density at radius 3 is 2.19 bits per heavy atom. The first-order valence-corrected chi connectivity index (χ1v) is 6.24. The Bertz CT molecular complexity index is 712. The fourth-order valence-electron chi connectivity index (χ4n) is 1.60. The van der Waals surface area contributed by atoms with Crippen molar-refractivity contribution in [1.82, 2.24) is 0 Å². The largest absolute Gasteiger partial charge is 0.423 e. The van der Waals surface area contributed by atoms with Crippen LogP contribution in [-0.2, 0) is 0 Å². The zero-order chi connectivity index (χ0) is 15.6. The molecule has 0 fully saturated rings. The number of carbonyl (C=O) groups is 2. The summed E-state index contributed by atoms with van der Waals surface area (Å²) in [6.45, 7) is 1.40. The van der Waals surface area contributed by atoms with Gasteiger partial charge in [0.25, 0.3) is 0 Å². The van der Waals surface area contributed by atoms with Crippen LogP contribution in [0.3, 0.4) is 0 Å². The lowest BCUT2D eigenvalue weighted by atomic mass is 10.1. The summed E-state index contributed by atoms with van der Waals surface area (Å²) in [6, 6.07) is 7.18. The number of carbonyl (C=O) groups excluding carboxylic acids is 2. The van der Waals surface area contributed by atoms with Crippen molar-refractivity contribution in [2.24, 2.45) is 0 Å². The Balaban J connectivity index is 2.22. The molecular formula is C15H9ClF2O3. The highest BCUT2D eigenvalue weighted by Gasteiger charge is 2.17. The van der Waals surface area contributed by atoms with Crippen molar-refractivity contribution in [2.45, 2.75) is 6.92 Å². The summed E-state index contributed by atoms with van der Waals surface area (Å²) >= 11 is 5.68. The summed E-state index contributed by atoms with van der Waals surface area (Å²) in [7, 11) is 0. The maximum atomic E-state index is 13.1. The molecule has 0 amide bonds. The summed E-state index contributed by atoms with van der Waals surface area (Å²) in [5.41, 5.74) is 0.173. The standard InChI is InChI=1S/C15H9ClF2O3/c1-8(19)9-2-4-10(5-3-9)21-15(20)11-6-13(17)14(18)7-12(11)16/h2-7H,1H3. The average Bonchev–Trinajstić information content (AvgIpc) is 2.43. The number of rotatable bonds is 3. The van der Waals surface area contributed by atoms with Crippen molar-refractivity contribution in [3.63, 3.8) is 0 Å². The van der Waals surface area contributed by atoms with Gasteiger partial charge in [-0.25, -0.2) is 13.6 Å². The molecule has 0 atom stereocenters. The van der Waals surface area contributed by atoms with Gasteiger partial charge in [-0.05, 0) is 43.3 Å². The van der Waals surface area contributed by atoms with Gasteiger partial charge in [0.2, 0.25) is 0 Å². The molecule has 0 radical (unpaired) electrons. The summed E-state index contributed by atoms with van der Waals surface area (Å²) < 4.78 is 31.0. The van der Waals surface area contributed by atoms with Gasteiger partial charge in [0, 0.05) is 5.56 Å². The lowest BCUT2D eigenvalue weighted by Crippen LogP contribution is -2.10. The molecule has 0 unspecified atom stereocenters. The molecule has 0 aliphatic rings. The van der Waals surface area contributed by atoms with E-state index in [0.717, 1.165) is 0 Å². The van der Waals surface area contributed by atoms with Crippen molar-refractivity contribution in [3.8, 4) is 5.75 Å². The van der Waals surface area contributed by atoms with Crippen LogP contribution in [0.15, 0.2) is 36.4 Å². The van der Waals surface area contributed by atoms with Crippen molar-refractivity contribution in [3.05, 3.63) is 64.2 Å². The van der Waals surface area contributed by atoms with Gasteiger partial charge >= 0.3 is 5.97 Å². The molecule has 0 saturated carbocycles. The molecule has 0 aromatic heterocycles. The van der Waals surface area contributed by atoms with Gasteiger partial charge < -0.3 is 4.74 Å². The highest BCUT2D eigenvalue weighted by Crippen LogP contribution is 2.22. The Morgan fingerprint density at radius 2 is 1.62 bits per heavy atom. The van der Waals surface area contributed by atoms with Gasteiger partial charge in [0.1, 0.15) is 5.75 Å². The first-order chi connectivity index (χ1) is 9.88. The summed E-state index contributed by atoms with van der Waals surface area (Å²) in [4.78, 5) is 23.0. The molecule has 108 valence electrons. The van der Waals surface area contributed by atoms with Gasteiger partial charge in [0.05, 0.1) is 10.6 Å². The molecule has 0 aliphatic heterocycles. The predicted octanol–water partition coefficient (Wildman–Crippen LogP) is 4.04. The van der Waals surface area contributed by atoms with Crippen molar-refractivity contribution in [2.75, 3.05) is 0 Å². The third kappa shape index (κ3) is 3.44. The Labute approximate surface area is 124 Å². The molecule has 0 bridgehead atoms. The number of benzene rings is 2. The summed E-state index contributed by atoms with van der Waals surface area (Å²) in [5.74, 6) is -3.24. The van der Waals surface area contributed by atoms with Crippen molar-refractivity contribution >= 4 is 23.4 Å². The Morgan fingerprint density at radius 1 is 1.05 bits per heavy atom.